The van der Waals surface area contributed by atoms with E-state index in [4.69, 9.17) is 4.74 Å². The lowest BCUT2D eigenvalue weighted by Crippen LogP contribution is -2.34. The first-order chi connectivity index (χ1) is 10.3. The highest BCUT2D eigenvalue weighted by Crippen LogP contribution is 2.35. The summed E-state index contributed by atoms with van der Waals surface area (Å²) in [5.74, 6) is -0.249. The number of hydrogen-bond donors (Lipinski definition) is 0. The van der Waals surface area contributed by atoms with Crippen molar-refractivity contribution in [2.24, 2.45) is 0 Å². The molecular formula is C14H14N2O5S. The van der Waals surface area contributed by atoms with Crippen LogP contribution < -0.4 is 4.74 Å². The molecule has 1 heterocycles. The van der Waals surface area contributed by atoms with Gasteiger partial charge in [-0.05, 0) is 43.3 Å². The Morgan fingerprint density at radius 1 is 1.36 bits per heavy atom. The van der Waals surface area contributed by atoms with Crippen molar-refractivity contribution in [2.75, 3.05) is 7.11 Å². The lowest BCUT2D eigenvalue weighted by Gasteiger charge is -2.16. The molecule has 1 aromatic rings. The van der Waals surface area contributed by atoms with Crippen LogP contribution in [0.15, 0.2) is 23.1 Å². The number of imide groups is 1. The summed E-state index contributed by atoms with van der Waals surface area (Å²) in [6.07, 6.45) is 1.47. The highest BCUT2D eigenvalue weighted by atomic mass is 32.2. The third kappa shape index (κ3) is 2.96. The van der Waals surface area contributed by atoms with Crippen molar-refractivity contribution >= 4 is 34.7 Å². The molecule has 2 rings (SSSR count). The minimum absolute atomic E-state index is 0.137. The summed E-state index contributed by atoms with van der Waals surface area (Å²) >= 11 is 0.827. The summed E-state index contributed by atoms with van der Waals surface area (Å²) in [5.41, 5.74) is 0.265. The van der Waals surface area contributed by atoms with Crippen LogP contribution in [0.1, 0.15) is 19.4 Å². The Morgan fingerprint density at radius 2 is 2.05 bits per heavy atom. The van der Waals surface area contributed by atoms with Gasteiger partial charge in [0.15, 0.2) is 5.75 Å². The third-order valence-electron chi connectivity index (χ3n) is 3.04. The van der Waals surface area contributed by atoms with Crippen molar-refractivity contribution in [1.29, 1.82) is 0 Å². The monoisotopic (exact) mass is 322 g/mol. The molecule has 1 saturated heterocycles. The van der Waals surface area contributed by atoms with Gasteiger partial charge in [0.25, 0.3) is 11.1 Å². The molecule has 0 spiro atoms. The molecule has 0 aromatic heterocycles. The first kappa shape index (κ1) is 16.0. The maximum absolute atomic E-state index is 12.2. The predicted octanol–water partition coefficient (Wildman–Crippen LogP) is 3.05. The highest BCUT2D eigenvalue weighted by molar-refractivity contribution is 8.18. The van der Waals surface area contributed by atoms with Gasteiger partial charge < -0.3 is 4.74 Å². The van der Waals surface area contributed by atoms with Gasteiger partial charge >= 0.3 is 5.69 Å². The molecule has 1 aliphatic heterocycles. The number of nitro benzene ring substituents is 1. The zero-order valence-electron chi connectivity index (χ0n) is 12.2. The second-order valence-corrected chi connectivity index (χ2v) is 5.83. The number of rotatable bonds is 4. The molecule has 0 bridgehead atoms. The van der Waals surface area contributed by atoms with Crippen molar-refractivity contribution in [3.8, 4) is 5.75 Å². The van der Waals surface area contributed by atoms with E-state index in [0.29, 0.717) is 5.56 Å². The molecule has 7 nitrogen and oxygen atoms in total. The van der Waals surface area contributed by atoms with Crippen LogP contribution >= 0.6 is 11.8 Å². The summed E-state index contributed by atoms with van der Waals surface area (Å²) in [7, 11) is 1.34. The Kier molecular flexibility index (Phi) is 4.51. The molecule has 0 aliphatic carbocycles. The van der Waals surface area contributed by atoms with E-state index in [2.05, 4.69) is 0 Å². The molecule has 0 N–H and O–H groups in total. The number of hydrogen-bond acceptors (Lipinski definition) is 6. The molecule has 1 aromatic carbocycles. The average Bonchev–Trinajstić information content (AvgIpc) is 2.73. The normalized spacial score (nSPS) is 16.7. The zero-order chi connectivity index (χ0) is 16.4. The third-order valence-corrected chi connectivity index (χ3v) is 3.92. The lowest BCUT2D eigenvalue weighted by atomic mass is 10.1. The molecule has 116 valence electrons. The van der Waals surface area contributed by atoms with E-state index in [-0.39, 0.29) is 33.5 Å². The zero-order valence-corrected chi connectivity index (χ0v) is 13.0. The number of carbonyl (C=O) groups is 2. The number of methoxy groups -OCH3 is 1. The molecule has 1 aliphatic rings. The first-order valence-corrected chi connectivity index (χ1v) is 7.26. The average molecular weight is 322 g/mol. The van der Waals surface area contributed by atoms with Crippen LogP contribution in [0.25, 0.3) is 6.08 Å². The van der Waals surface area contributed by atoms with Crippen LogP contribution in [0.3, 0.4) is 0 Å². The van der Waals surface area contributed by atoms with Crippen LogP contribution in [0.5, 0.6) is 5.75 Å². The number of carbonyl (C=O) groups excluding carboxylic acids is 2. The summed E-state index contributed by atoms with van der Waals surface area (Å²) in [6, 6.07) is 4.12. The minimum Gasteiger partial charge on any atom is -0.490 e. The lowest BCUT2D eigenvalue weighted by molar-refractivity contribution is -0.385. The van der Waals surface area contributed by atoms with Crippen LogP contribution in [-0.4, -0.2) is 34.1 Å². The second-order valence-electron chi connectivity index (χ2n) is 4.83. The number of amides is 2. The molecule has 22 heavy (non-hydrogen) atoms. The molecule has 0 radical (unpaired) electrons. The smallest absolute Gasteiger partial charge is 0.311 e. The van der Waals surface area contributed by atoms with Gasteiger partial charge in [-0.15, -0.1) is 0 Å². The van der Waals surface area contributed by atoms with E-state index in [9.17, 15) is 19.7 Å². The fourth-order valence-electron chi connectivity index (χ4n) is 2.02. The van der Waals surface area contributed by atoms with Crippen molar-refractivity contribution < 1.29 is 19.2 Å². The van der Waals surface area contributed by atoms with E-state index >= 15 is 0 Å². The molecule has 2 amide bonds. The number of nitrogens with zero attached hydrogens (tertiary/aromatic N) is 2. The van der Waals surface area contributed by atoms with E-state index in [1.54, 1.807) is 19.9 Å². The predicted molar refractivity (Wildman–Crippen MR) is 82.6 cm³/mol. The Balaban J connectivity index is 2.38. The number of nitro groups is 1. The van der Waals surface area contributed by atoms with Crippen LogP contribution in [0, 0.1) is 10.1 Å². The molecule has 0 saturated carbocycles. The highest BCUT2D eigenvalue weighted by Gasteiger charge is 2.36. The Hall–Kier alpha value is -2.35. The van der Waals surface area contributed by atoms with Gasteiger partial charge in [0, 0.05) is 12.1 Å². The van der Waals surface area contributed by atoms with Gasteiger partial charge in [-0.25, -0.2) is 0 Å². The van der Waals surface area contributed by atoms with Gasteiger partial charge in [-0.1, -0.05) is 6.07 Å². The Labute approximate surface area is 131 Å². The van der Waals surface area contributed by atoms with Gasteiger partial charge in [0.2, 0.25) is 0 Å². The minimum atomic E-state index is -0.559. The molecule has 0 unspecified atom stereocenters. The van der Waals surface area contributed by atoms with Crippen molar-refractivity contribution in [2.45, 2.75) is 19.9 Å². The summed E-state index contributed by atoms with van der Waals surface area (Å²) in [6.45, 7) is 3.50. The quantitative estimate of drug-likeness (QED) is 0.481. The standard InChI is InChI=1S/C14H14N2O5S/c1-8(2)15-13(17)12(22-14(15)18)7-9-4-5-11(21-3)10(6-9)16(19)20/h4-8H,1-3H3/b12-7+. The largest absolute Gasteiger partial charge is 0.490 e. The van der Waals surface area contributed by atoms with E-state index < -0.39 is 4.92 Å². The first-order valence-electron chi connectivity index (χ1n) is 6.44. The second kappa shape index (κ2) is 6.18. The van der Waals surface area contributed by atoms with Gasteiger partial charge in [0.1, 0.15) is 0 Å². The topological polar surface area (TPSA) is 89.8 Å². The number of ether oxygens (including phenoxy) is 1. The molecule has 0 atom stereocenters. The summed E-state index contributed by atoms with van der Waals surface area (Å²) in [4.78, 5) is 35.8. The van der Waals surface area contributed by atoms with Gasteiger partial charge in [-0.2, -0.15) is 0 Å². The molecular weight excluding hydrogens is 308 g/mol. The van der Waals surface area contributed by atoms with Crippen molar-refractivity contribution in [3.05, 3.63) is 38.8 Å². The summed E-state index contributed by atoms with van der Waals surface area (Å²) < 4.78 is 4.92. The van der Waals surface area contributed by atoms with Crippen LogP contribution in [-0.2, 0) is 4.79 Å². The van der Waals surface area contributed by atoms with Crippen molar-refractivity contribution in [3.63, 3.8) is 0 Å². The van der Waals surface area contributed by atoms with Crippen molar-refractivity contribution in [1.82, 2.24) is 4.90 Å². The SMILES string of the molecule is COc1ccc(/C=C2/SC(=O)N(C(C)C)C2=O)cc1[N+](=O)[O-]. The van der Waals surface area contributed by atoms with E-state index in [0.717, 1.165) is 16.7 Å². The van der Waals surface area contributed by atoms with Crippen LogP contribution in [0.2, 0.25) is 0 Å². The fourth-order valence-corrected chi connectivity index (χ4v) is 2.98. The maximum Gasteiger partial charge on any atom is 0.311 e. The van der Waals surface area contributed by atoms with Gasteiger partial charge in [-0.3, -0.25) is 24.6 Å². The van der Waals surface area contributed by atoms with Crippen LogP contribution in [0.4, 0.5) is 10.5 Å². The summed E-state index contributed by atoms with van der Waals surface area (Å²) in [5, 5.41) is 10.7. The van der Waals surface area contributed by atoms with E-state index in [1.807, 2.05) is 0 Å². The van der Waals surface area contributed by atoms with E-state index in [1.165, 1.54) is 25.3 Å². The fraction of sp³-hybridized carbons (Fsp3) is 0.286. The molecule has 1 fully saturated rings. The number of thioether (sulfide) groups is 1. The molecule has 8 heteroatoms. The van der Waals surface area contributed by atoms with Gasteiger partial charge in [0.05, 0.1) is 16.9 Å². The number of benzene rings is 1. The Bertz CT molecular complexity index is 684. The Morgan fingerprint density at radius 3 is 2.55 bits per heavy atom. The maximum atomic E-state index is 12.2.